The number of nitrogens with zero attached hydrogens (tertiary/aromatic N) is 4. The third-order valence-electron chi connectivity index (χ3n) is 3.98. The minimum Gasteiger partial charge on any atom is -0.444 e. The third-order valence-corrected chi connectivity index (χ3v) is 3.98. The zero-order chi connectivity index (χ0) is 15.1. The van der Waals surface area contributed by atoms with Crippen molar-refractivity contribution in [2.75, 3.05) is 31.1 Å². The Morgan fingerprint density at radius 1 is 1.24 bits per heavy atom. The van der Waals surface area contributed by atoms with Crippen LogP contribution >= 0.6 is 0 Å². The average molecular weight is 290 g/mol. The van der Waals surface area contributed by atoms with Crippen molar-refractivity contribution >= 4 is 12.0 Å². The molecule has 0 N–H and O–H groups in total. The number of amides is 1. The van der Waals surface area contributed by atoms with Gasteiger partial charge in [-0.3, -0.25) is 0 Å². The monoisotopic (exact) mass is 290 g/mol. The van der Waals surface area contributed by atoms with Crippen molar-refractivity contribution in [1.82, 2.24) is 14.9 Å². The highest BCUT2D eigenvalue weighted by Gasteiger charge is 2.50. The number of carbonyl (C=O) groups is 1. The molecule has 2 saturated heterocycles. The first-order chi connectivity index (χ1) is 9.87. The van der Waals surface area contributed by atoms with Crippen molar-refractivity contribution in [1.29, 1.82) is 0 Å². The molecule has 2 aliphatic rings. The lowest BCUT2D eigenvalue weighted by atomic mass is 9.79. The lowest BCUT2D eigenvalue weighted by Gasteiger charge is -2.47. The van der Waals surface area contributed by atoms with Gasteiger partial charge < -0.3 is 14.5 Å². The summed E-state index contributed by atoms with van der Waals surface area (Å²) in [4.78, 5) is 24.6. The average Bonchev–Trinajstić information content (AvgIpc) is 2.81. The van der Waals surface area contributed by atoms with E-state index in [1.54, 1.807) is 17.3 Å². The quantitative estimate of drug-likeness (QED) is 0.791. The van der Waals surface area contributed by atoms with Crippen LogP contribution in [0.3, 0.4) is 0 Å². The first-order valence-electron chi connectivity index (χ1n) is 7.37. The molecule has 0 aromatic carbocycles. The maximum atomic E-state index is 12.0. The standard InChI is InChI=1S/C15H22N4O2/c1-14(2,3)21-13(20)19-10-15(11-19)5-8-18(9-15)12-16-6-4-7-17-12/h4,6-7H,5,8-11H2,1-3H3. The van der Waals surface area contributed by atoms with Gasteiger partial charge in [0.05, 0.1) is 0 Å². The molecule has 0 bridgehead atoms. The van der Waals surface area contributed by atoms with Crippen LogP contribution in [0.15, 0.2) is 18.5 Å². The summed E-state index contributed by atoms with van der Waals surface area (Å²) < 4.78 is 5.40. The summed E-state index contributed by atoms with van der Waals surface area (Å²) in [5, 5.41) is 0. The third kappa shape index (κ3) is 2.94. The van der Waals surface area contributed by atoms with Gasteiger partial charge in [-0.2, -0.15) is 0 Å². The van der Waals surface area contributed by atoms with Crippen molar-refractivity contribution in [3.63, 3.8) is 0 Å². The number of hydrogen-bond donors (Lipinski definition) is 0. The van der Waals surface area contributed by atoms with Crippen LogP contribution in [-0.2, 0) is 4.74 Å². The molecular formula is C15H22N4O2. The van der Waals surface area contributed by atoms with Crippen LogP contribution in [-0.4, -0.2) is 52.7 Å². The fourth-order valence-electron chi connectivity index (χ4n) is 3.04. The van der Waals surface area contributed by atoms with E-state index < -0.39 is 5.60 Å². The van der Waals surface area contributed by atoms with Gasteiger partial charge in [-0.05, 0) is 33.3 Å². The van der Waals surface area contributed by atoms with E-state index in [4.69, 9.17) is 4.74 Å². The van der Waals surface area contributed by atoms with Crippen LogP contribution in [0.2, 0.25) is 0 Å². The summed E-state index contributed by atoms with van der Waals surface area (Å²) in [7, 11) is 0. The zero-order valence-corrected chi connectivity index (χ0v) is 12.9. The lowest BCUT2D eigenvalue weighted by molar-refractivity contribution is -0.0266. The maximum absolute atomic E-state index is 12.0. The molecule has 3 heterocycles. The Hall–Kier alpha value is -1.85. The number of aromatic nitrogens is 2. The predicted molar refractivity (Wildman–Crippen MR) is 79.1 cm³/mol. The normalized spacial score (nSPS) is 20.5. The fraction of sp³-hybridized carbons (Fsp3) is 0.667. The summed E-state index contributed by atoms with van der Waals surface area (Å²) in [6.45, 7) is 9.08. The Morgan fingerprint density at radius 3 is 2.52 bits per heavy atom. The maximum Gasteiger partial charge on any atom is 0.410 e. The molecule has 1 amide bonds. The van der Waals surface area contributed by atoms with E-state index in [0.717, 1.165) is 38.5 Å². The second kappa shape index (κ2) is 4.86. The zero-order valence-electron chi connectivity index (χ0n) is 12.9. The van der Waals surface area contributed by atoms with Gasteiger partial charge in [-0.15, -0.1) is 0 Å². The van der Waals surface area contributed by atoms with Crippen molar-refractivity contribution in [3.05, 3.63) is 18.5 Å². The molecule has 114 valence electrons. The second-order valence-electron chi connectivity index (χ2n) is 7.06. The van der Waals surface area contributed by atoms with E-state index in [9.17, 15) is 4.79 Å². The van der Waals surface area contributed by atoms with E-state index in [-0.39, 0.29) is 11.5 Å². The van der Waals surface area contributed by atoms with Crippen molar-refractivity contribution in [2.45, 2.75) is 32.8 Å². The molecule has 3 rings (SSSR count). The van der Waals surface area contributed by atoms with E-state index in [1.807, 2.05) is 26.8 Å². The fourth-order valence-corrected chi connectivity index (χ4v) is 3.04. The summed E-state index contributed by atoms with van der Waals surface area (Å²) in [5.41, 5.74) is -0.241. The molecule has 1 aromatic rings. The second-order valence-corrected chi connectivity index (χ2v) is 7.06. The number of likely N-dealkylation sites (tertiary alicyclic amines) is 1. The van der Waals surface area contributed by atoms with Crippen LogP contribution in [0.25, 0.3) is 0 Å². The molecule has 0 atom stereocenters. The van der Waals surface area contributed by atoms with Crippen molar-refractivity contribution in [2.24, 2.45) is 5.41 Å². The molecule has 6 nitrogen and oxygen atoms in total. The van der Waals surface area contributed by atoms with Crippen LogP contribution in [0, 0.1) is 5.41 Å². The van der Waals surface area contributed by atoms with Gasteiger partial charge in [0, 0.05) is 44.0 Å². The van der Waals surface area contributed by atoms with Gasteiger partial charge in [-0.25, -0.2) is 14.8 Å². The number of carbonyl (C=O) groups excluding carboxylic acids is 1. The van der Waals surface area contributed by atoms with Gasteiger partial charge in [0.2, 0.25) is 5.95 Å². The van der Waals surface area contributed by atoms with Gasteiger partial charge in [0.15, 0.2) is 0 Å². The topological polar surface area (TPSA) is 58.6 Å². The SMILES string of the molecule is CC(C)(C)OC(=O)N1CC2(CCN(c3ncccn3)C2)C1. The van der Waals surface area contributed by atoms with Crippen LogP contribution < -0.4 is 4.90 Å². The Kier molecular flexibility index (Phi) is 3.26. The summed E-state index contributed by atoms with van der Waals surface area (Å²) in [6, 6.07) is 1.82. The smallest absolute Gasteiger partial charge is 0.410 e. The lowest BCUT2D eigenvalue weighted by Crippen LogP contribution is -2.60. The first-order valence-corrected chi connectivity index (χ1v) is 7.37. The van der Waals surface area contributed by atoms with Gasteiger partial charge in [-0.1, -0.05) is 0 Å². The Morgan fingerprint density at radius 2 is 1.90 bits per heavy atom. The molecule has 1 spiro atoms. The van der Waals surface area contributed by atoms with E-state index >= 15 is 0 Å². The minimum absolute atomic E-state index is 0.191. The summed E-state index contributed by atoms with van der Waals surface area (Å²) >= 11 is 0. The molecule has 2 aliphatic heterocycles. The Balaban J connectivity index is 1.55. The van der Waals surface area contributed by atoms with Gasteiger partial charge >= 0.3 is 6.09 Å². The molecule has 0 aliphatic carbocycles. The minimum atomic E-state index is -0.431. The highest BCUT2D eigenvalue weighted by atomic mass is 16.6. The van der Waals surface area contributed by atoms with Crippen LogP contribution in [0.1, 0.15) is 27.2 Å². The molecule has 6 heteroatoms. The summed E-state index contributed by atoms with van der Waals surface area (Å²) in [6.07, 6.45) is 4.40. The number of hydrogen-bond acceptors (Lipinski definition) is 5. The van der Waals surface area contributed by atoms with Gasteiger partial charge in [0.1, 0.15) is 5.60 Å². The molecule has 2 fully saturated rings. The first kappa shape index (κ1) is 14.1. The number of anilines is 1. The molecular weight excluding hydrogens is 268 g/mol. The van der Waals surface area contributed by atoms with E-state index in [2.05, 4.69) is 14.9 Å². The molecule has 0 radical (unpaired) electrons. The number of rotatable bonds is 1. The Labute approximate surface area is 125 Å². The van der Waals surface area contributed by atoms with E-state index in [1.165, 1.54) is 0 Å². The molecule has 1 aromatic heterocycles. The van der Waals surface area contributed by atoms with Crippen LogP contribution in [0.4, 0.5) is 10.7 Å². The molecule has 0 saturated carbocycles. The van der Waals surface area contributed by atoms with Crippen molar-refractivity contribution < 1.29 is 9.53 Å². The highest BCUT2D eigenvalue weighted by Crippen LogP contribution is 2.40. The highest BCUT2D eigenvalue weighted by molar-refractivity contribution is 5.69. The summed E-state index contributed by atoms with van der Waals surface area (Å²) in [5.74, 6) is 0.782. The van der Waals surface area contributed by atoms with Crippen molar-refractivity contribution in [3.8, 4) is 0 Å². The molecule has 0 unspecified atom stereocenters. The molecule has 21 heavy (non-hydrogen) atoms. The Bertz CT molecular complexity index is 520. The van der Waals surface area contributed by atoms with E-state index in [0.29, 0.717) is 0 Å². The largest absolute Gasteiger partial charge is 0.444 e. The predicted octanol–water partition coefficient (Wildman–Crippen LogP) is 1.92. The number of ether oxygens (including phenoxy) is 1. The van der Waals surface area contributed by atoms with Gasteiger partial charge in [0.25, 0.3) is 0 Å². The van der Waals surface area contributed by atoms with Crippen LogP contribution in [0.5, 0.6) is 0 Å².